The fourth-order valence-corrected chi connectivity index (χ4v) is 3.29. The van der Waals surface area contributed by atoms with Gasteiger partial charge in [0.15, 0.2) is 0 Å². The maximum absolute atomic E-state index is 12.6. The molecular formula is C14H16BrNO2. The highest BCUT2D eigenvalue weighted by atomic mass is 79.9. The average Bonchev–Trinajstić information content (AvgIpc) is 2.40. The van der Waals surface area contributed by atoms with E-state index in [-0.39, 0.29) is 17.9 Å². The smallest absolute Gasteiger partial charge is 0.230 e. The molecule has 4 heteroatoms. The Morgan fingerprint density at radius 2 is 2.28 bits per heavy atom. The molecule has 0 radical (unpaired) electrons. The fourth-order valence-electron chi connectivity index (χ4n) is 2.75. The van der Waals surface area contributed by atoms with Crippen LogP contribution in [0.3, 0.4) is 0 Å². The highest BCUT2D eigenvalue weighted by molar-refractivity contribution is 9.09. The van der Waals surface area contributed by atoms with Crippen molar-refractivity contribution in [1.82, 2.24) is 4.90 Å². The quantitative estimate of drug-likeness (QED) is 0.782. The van der Waals surface area contributed by atoms with E-state index in [1.54, 1.807) is 0 Å². The summed E-state index contributed by atoms with van der Waals surface area (Å²) < 4.78 is 5.43. The number of carbonyl (C=O) groups is 1. The SMILES string of the molecule is O=C(C1Cc2ccccc21)N1CCOCC1CBr. The molecule has 0 bridgehead atoms. The highest BCUT2D eigenvalue weighted by Crippen LogP contribution is 2.36. The van der Waals surface area contributed by atoms with Crippen LogP contribution in [0.25, 0.3) is 0 Å². The van der Waals surface area contributed by atoms with Gasteiger partial charge in [-0.2, -0.15) is 0 Å². The Hall–Kier alpha value is -0.870. The molecule has 3 nitrogen and oxygen atoms in total. The summed E-state index contributed by atoms with van der Waals surface area (Å²) in [6.07, 6.45) is 0.890. The maximum Gasteiger partial charge on any atom is 0.230 e. The summed E-state index contributed by atoms with van der Waals surface area (Å²) in [6, 6.07) is 8.42. The number of hydrogen-bond donors (Lipinski definition) is 0. The van der Waals surface area contributed by atoms with E-state index in [4.69, 9.17) is 4.74 Å². The zero-order valence-electron chi connectivity index (χ0n) is 10.1. The molecule has 2 atom stereocenters. The molecule has 1 amide bonds. The van der Waals surface area contributed by atoms with E-state index >= 15 is 0 Å². The van der Waals surface area contributed by atoms with Gasteiger partial charge in [0.05, 0.1) is 25.2 Å². The van der Waals surface area contributed by atoms with Crippen LogP contribution in [0.4, 0.5) is 0 Å². The molecule has 1 aliphatic heterocycles. The Balaban J connectivity index is 1.76. The van der Waals surface area contributed by atoms with Gasteiger partial charge in [-0.05, 0) is 17.5 Å². The largest absolute Gasteiger partial charge is 0.377 e. The zero-order valence-corrected chi connectivity index (χ0v) is 11.7. The van der Waals surface area contributed by atoms with Gasteiger partial charge in [-0.25, -0.2) is 0 Å². The molecule has 1 saturated heterocycles. The predicted molar refractivity (Wildman–Crippen MR) is 73.0 cm³/mol. The summed E-state index contributed by atoms with van der Waals surface area (Å²) in [5, 5.41) is 0.785. The van der Waals surface area contributed by atoms with E-state index in [2.05, 4.69) is 28.1 Å². The van der Waals surface area contributed by atoms with Gasteiger partial charge in [0.25, 0.3) is 0 Å². The number of fused-ring (bicyclic) bond motifs is 1. The van der Waals surface area contributed by atoms with Gasteiger partial charge in [-0.1, -0.05) is 40.2 Å². The number of morpholine rings is 1. The van der Waals surface area contributed by atoms with Crippen molar-refractivity contribution in [3.63, 3.8) is 0 Å². The Morgan fingerprint density at radius 3 is 3.06 bits per heavy atom. The number of nitrogens with zero attached hydrogens (tertiary/aromatic N) is 1. The summed E-state index contributed by atoms with van der Waals surface area (Å²) >= 11 is 3.47. The lowest BCUT2D eigenvalue weighted by Gasteiger charge is -2.39. The summed E-state index contributed by atoms with van der Waals surface area (Å²) in [6.45, 7) is 2.02. The number of halogens is 1. The molecule has 0 N–H and O–H groups in total. The van der Waals surface area contributed by atoms with Crippen molar-refractivity contribution in [2.24, 2.45) is 0 Å². The highest BCUT2D eigenvalue weighted by Gasteiger charge is 2.37. The summed E-state index contributed by atoms with van der Waals surface area (Å²) in [4.78, 5) is 14.5. The van der Waals surface area contributed by atoms with Gasteiger partial charge in [-0.3, -0.25) is 4.79 Å². The maximum atomic E-state index is 12.6. The van der Waals surface area contributed by atoms with Gasteiger partial charge in [0.1, 0.15) is 0 Å². The lowest BCUT2D eigenvalue weighted by atomic mass is 9.76. The number of alkyl halides is 1. The third-order valence-electron chi connectivity index (χ3n) is 3.84. The number of benzene rings is 1. The van der Waals surface area contributed by atoms with Crippen LogP contribution in [-0.4, -0.2) is 41.9 Å². The van der Waals surface area contributed by atoms with Gasteiger partial charge < -0.3 is 9.64 Å². The molecule has 96 valence electrons. The number of amides is 1. The lowest BCUT2D eigenvalue weighted by molar-refractivity contribution is -0.141. The van der Waals surface area contributed by atoms with Gasteiger partial charge in [0, 0.05) is 11.9 Å². The molecule has 1 heterocycles. The van der Waals surface area contributed by atoms with Crippen LogP contribution in [0.15, 0.2) is 24.3 Å². The van der Waals surface area contributed by atoms with Crippen LogP contribution < -0.4 is 0 Å². The Kier molecular flexibility index (Phi) is 3.39. The average molecular weight is 310 g/mol. The molecular weight excluding hydrogens is 294 g/mol. The van der Waals surface area contributed by atoms with E-state index in [1.165, 1.54) is 11.1 Å². The molecule has 2 unspecified atom stereocenters. The van der Waals surface area contributed by atoms with Crippen molar-refractivity contribution >= 4 is 21.8 Å². The first kappa shape index (κ1) is 12.2. The molecule has 0 aromatic heterocycles. The van der Waals surface area contributed by atoms with E-state index in [0.29, 0.717) is 19.8 Å². The molecule has 1 aromatic rings. The third-order valence-corrected chi connectivity index (χ3v) is 4.59. The number of ether oxygens (including phenoxy) is 1. The molecule has 1 aromatic carbocycles. The number of rotatable bonds is 2. The zero-order chi connectivity index (χ0) is 12.5. The number of carbonyl (C=O) groups excluding carboxylic acids is 1. The van der Waals surface area contributed by atoms with Crippen molar-refractivity contribution in [2.75, 3.05) is 25.1 Å². The molecule has 18 heavy (non-hydrogen) atoms. The molecule has 2 aliphatic rings. The predicted octanol–water partition coefficient (Wildman–Crippen LogP) is 1.95. The van der Waals surface area contributed by atoms with Crippen LogP contribution >= 0.6 is 15.9 Å². The second kappa shape index (κ2) is 5.02. The Labute approximate surface area is 115 Å². The monoisotopic (exact) mass is 309 g/mol. The summed E-state index contributed by atoms with van der Waals surface area (Å²) in [5.41, 5.74) is 2.53. The Bertz CT molecular complexity index is 463. The normalized spacial score (nSPS) is 26.4. The van der Waals surface area contributed by atoms with E-state index in [1.807, 2.05) is 17.0 Å². The van der Waals surface area contributed by atoms with E-state index < -0.39 is 0 Å². The van der Waals surface area contributed by atoms with Gasteiger partial charge >= 0.3 is 0 Å². The van der Waals surface area contributed by atoms with Gasteiger partial charge in [0.2, 0.25) is 5.91 Å². The minimum Gasteiger partial charge on any atom is -0.377 e. The van der Waals surface area contributed by atoms with Crippen molar-refractivity contribution in [1.29, 1.82) is 0 Å². The fraction of sp³-hybridized carbons (Fsp3) is 0.500. The first-order valence-electron chi connectivity index (χ1n) is 6.33. The first-order chi connectivity index (χ1) is 8.81. The molecule has 0 saturated carbocycles. The van der Waals surface area contributed by atoms with Gasteiger partial charge in [-0.15, -0.1) is 0 Å². The van der Waals surface area contributed by atoms with Crippen LogP contribution in [0, 0.1) is 0 Å². The second-order valence-electron chi connectivity index (χ2n) is 4.87. The van der Waals surface area contributed by atoms with Crippen LogP contribution in [0.1, 0.15) is 17.0 Å². The number of hydrogen-bond acceptors (Lipinski definition) is 2. The molecule has 3 rings (SSSR count). The van der Waals surface area contributed by atoms with Crippen molar-refractivity contribution < 1.29 is 9.53 Å². The van der Waals surface area contributed by atoms with Crippen molar-refractivity contribution in [3.8, 4) is 0 Å². The Morgan fingerprint density at radius 1 is 1.44 bits per heavy atom. The second-order valence-corrected chi connectivity index (χ2v) is 5.52. The summed E-state index contributed by atoms with van der Waals surface area (Å²) in [5.74, 6) is 0.335. The topological polar surface area (TPSA) is 29.5 Å². The van der Waals surface area contributed by atoms with Crippen LogP contribution in [0.2, 0.25) is 0 Å². The lowest BCUT2D eigenvalue weighted by Crippen LogP contribution is -2.52. The standard InChI is InChI=1S/C14H16BrNO2/c15-8-11-9-18-6-5-16(11)14(17)13-7-10-3-1-2-4-12(10)13/h1-4,11,13H,5-9H2. The van der Waals surface area contributed by atoms with E-state index in [9.17, 15) is 4.79 Å². The van der Waals surface area contributed by atoms with Crippen LogP contribution in [-0.2, 0) is 16.0 Å². The molecule has 1 fully saturated rings. The third kappa shape index (κ3) is 1.97. The van der Waals surface area contributed by atoms with Crippen molar-refractivity contribution in [3.05, 3.63) is 35.4 Å². The summed E-state index contributed by atoms with van der Waals surface area (Å²) in [7, 11) is 0. The molecule has 1 aliphatic carbocycles. The van der Waals surface area contributed by atoms with Crippen molar-refractivity contribution in [2.45, 2.75) is 18.4 Å². The minimum absolute atomic E-state index is 0.0702. The minimum atomic E-state index is 0.0702. The first-order valence-corrected chi connectivity index (χ1v) is 7.45. The van der Waals surface area contributed by atoms with E-state index in [0.717, 1.165) is 11.8 Å². The van der Waals surface area contributed by atoms with Crippen LogP contribution in [0.5, 0.6) is 0 Å². The molecule has 0 spiro atoms.